The Morgan fingerprint density at radius 1 is 1.17 bits per heavy atom. The standard InChI is InChI=1S/C17H34N4O2/c1-18-6-4-7-20(10-9-18)15-17(22)19(2)13-16-5-8-21(14-16)11-12-23-3/h16H,4-15H2,1-3H3. The molecular weight excluding hydrogens is 292 g/mol. The van der Waals surface area contributed by atoms with E-state index in [2.05, 4.69) is 21.7 Å². The highest BCUT2D eigenvalue weighted by Crippen LogP contribution is 2.17. The lowest BCUT2D eigenvalue weighted by Crippen LogP contribution is -2.42. The van der Waals surface area contributed by atoms with Crippen LogP contribution in [0.25, 0.3) is 0 Å². The zero-order valence-corrected chi connectivity index (χ0v) is 15.2. The summed E-state index contributed by atoms with van der Waals surface area (Å²) in [4.78, 5) is 21.5. The molecule has 2 fully saturated rings. The van der Waals surface area contributed by atoms with Gasteiger partial charge in [0.1, 0.15) is 0 Å². The molecule has 0 aliphatic carbocycles. The van der Waals surface area contributed by atoms with E-state index in [0.29, 0.717) is 12.5 Å². The number of amides is 1. The largest absolute Gasteiger partial charge is 0.383 e. The maximum Gasteiger partial charge on any atom is 0.236 e. The topological polar surface area (TPSA) is 39.3 Å². The number of carbonyl (C=O) groups is 1. The van der Waals surface area contributed by atoms with Crippen LogP contribution in [-0.2, 0) is 9.53 Å². The number of likely N-dealkylation sites (N-methyl/N-ethyl adjacent to an activating group) is 2. The highest BCUT2D eigenvalue weighted by atomic mass is 16.5. The molecule has 2 aliphatic heterocycles. The minimum Gasteiger partial charge on any atom is -0.383 e. The van der Waals surface area contributed by atoms with Crippen molar-refractivity contribution in [1.29, 1.82) is 0 Å². The van der Waals surface area contributed by atoms with Crippen LogP contribution in [-0.4, -0.2) is 112 Å². The first kappa shape index (κ1) is 18.6. The van der Waals surface area contributed by atoms with Crippen LogP contribution in [0, 0.1) is 5.92 Å². The molecule has 0 radical (unpaired) electrons. The van der Waals surface area contributed by atoms with Crippen LogP contribution in [0.15, 0.2) is 0 Å². The van der Waals surface area contributed by atoms with Crippen molar-refractivity contribution in [3.8, 4) is 0 Å². The van der Waals surface area contributed by atoms with Gasteiger partial charge in [0.15, 0.2) is 0 Å². The second-order valence-electron chi connectivity index (χ2n) is 7.16. The third kappa shape index (κ3) is 6.37. The van der Waals surface area contributed by atoms with Crippen LogP contribution in [0.1, 0.15) is 12.8 Å². The van der Waals surface area contributed by atoms with E-state index in [1.807, 2.05) is 11.9 Å². The minimum absolute atomic E-state index is 0.268. The third-order valence-electron chi connectivity index (χ3n) is 5.11. The Bertz CT molecular complexity index is 367. The van der Waals surface area contributed by atoms with Crippen molar-refractivity contribution in [3.63, 3.8) is 0 Å². The minimum atomic E-state index is 0.268. The molecule has 23 heavy (non-hydrogen) atoms. The summed E-state index contributed by atoms with van der Waals surface area (Å²) in [6.45, 7) is 9.73. The van der Waals surface area contributed by atoms with Crippen molar-refractivity contribution < 1.29 is 9.53 Å². The molecule has 1 unspecified atom stereocenters. The van der Waals surface area contributed by atoms with Crippen molar-refractivity contribution >= 4 is 5.91 Å². The molecular formula is C17H34N4O2. The van der Waals surface area contributed by atoms with Crippen LogP contribution < -0.4 is 0 Å². The van der Waals surface area contributed by atoms with Gasteiger partial charge < -0.3 is 19.4 Å². The summed E-state index contributed by atoms with van der Waals surface area (Å²) in [6, 6.07) is 0. The molecule has 2 saturated heterocycles. The quantitative estimate of drug-likeness (QED) is 0.661. The highest BCUT2D eigenvalue weighted by molar-refractivity contribution is 5.78. The number of ether oxygens (including phenoxy) is 1. The summed E-state index contributed by atoms with van der Waals surface area (Å²) in [7, 11) is 5.87. The Hall–Kier alpha value is -0.690. The lowest BCUT2D eigenvalue weighted by molar-refractivity contribution is -0.131. The number of hydrogen-bond acceptors (Lipinski definition) is 5. The first-order chi connectivity index (χ1) is 11.1. The van der Waals surface area contributed by atoms with Gasteiger partial charge in [0.2, 0.25) is 5.91 Å². The molecule has 0 aromatic heterocycles. The lowest BCUT2D eigenvalue weighted by Gasteiger charge is -2.26. The van der Waals surface area contributed by atoms with E-state index in [1.165, 1.54) is 6.42 Å². The number of rotatable bonds is 7. The fraction of sp³-hybridized carbons (Fsp3) is 0.941. The molecule has 2 aliphatic rings. The fourth-order valence-corrected chi connectivity index (χ4v) is 3.54. The Morgan fingerprint density at radius 2 is 2.00 bits per heavy atom. The summed E-state index contributed by atoms with van der Waals surface area (Å²) >= 11 is 0. The van der Waals surface area contributed by atoms with E-state index >= 15 is 0 Å². The van der Waals surface area contributed by atoms with E-state index < -0.39 is 0 Å². The van der Waals surface area contributed by atoms with E-state index in [9.17, 15) is 4.79 Å². The van der Waals surface area contributed by atoms with Crippen molar-refractivity contribution in [2.24, 2.45) is 5.92 Å². The maximum absolute atomic E-state index is 12.5. The molecule has 0 bridgehead atoms. The molecule has 6 nitrogen and oxygen atoms in total. The van der Waals surface area contributed by atoms with Gasteiger partial charge in [-0.1, -0.05) is 0 Å². The molecule has 2 heterocycles. The Morgan fingerprint density at radius 3 is 2.78 bits per heavy atom. The average molecular weight is 326 g/mol. The van der Waals surface area contributed by atoms with Gasteiger partial charge in [-0.05, 0) is 45.4 Å². The molecule has 0 N–H and O–H groups in total. The average Bonchev–Trinajstić information content (AvgIpc) is 2.87. The molecule has 6 heteroatoms. The van der Waals surface area contributed by atoms with E-state index in [4.69, 9.17) is 4.74 Å². The highest BCUT2D eigenvalue weighted by Gasteiger charge is 2.25. The molecule has 1 amide bonds. The lowest BCUT2D eigenvalue weighted by atomic mass is 10.1. The van der Waals surface area contributed by atoms with Gasteiger partial charge in [0, 0.05) is 46.9 Å². The van der Waals surface area contributed by atoms with Gasteiger partial charge in [-0.25, -0.2) is 0 Å². The zero-order valence-electron chi connectivity index (χ0n) is 15.2. The van der Waals surface area contributed by atoms with Gasteiger partial charge in [-0.15, -0.1) is 0 Å². The monoisotopic (exact) mass is 326 g/mol. The number of likely N-dealkylation sites (tertiary alicyclic amines) is 1. The molecule has 0 aromatic rings. The van der Waals surface area contributed by atoms with Gasteiger partial charge in [-0.2, -0.15) is 0 Å². The smallest absolute Gasteiger partial charge is 0.236 e. The molecule has 0 aromatic carbocycles. The van der Waals surface area contributed by atoms with Crippen molar-refractivity contribution in [1.82, 2.24) is 19.6 Å². The van der Waals surface area contributed by atoms with Crippen molar-refractivity contribution in [3.05, 3.63) is 0 Å². The van der Waals surface area contributed by atoms with E-state index in [1.54, 1.807) is 7.11 Å². The molecule has 2 rings (SSSR count). The second-order valence-corrected chi connectivity index (χ2v) is 7.16. The molecule has 0 saturated carbocycles. The van der Waals surface area contributed by atoms with Gasteiger partial charge in [-0.3, -0.25) is 9.69 Å². The third-order valence-corrected chi connectivity index (χ3v) is 5.11. The number of nitrogens with zero attached hydrogens (tertiary/aromatic N) is 4. The Kier molecular flexibility index (Phi) is 7.76. The summed E-state index contributed by atoms with van der Waals surface area (Å²) in [6.07, 6.45) is 2.35. The van der Waals surface area contributed by atoms with Crippen LogP contribution in [0.2, 0.25) is 0 Å². The number of methoxy groups -OCH3 is 1. The fourth-order valence-electron chi connectivity index (χ4n) is 3.54. The van der Waals surface area contributed by atoms with Gasteiger partial charge >= 0.3 is 0 Å². The first-order valence-corrected chi connectivity index (χ1v) is 8.94. The predicted molar refractivity (Wildman–Crippen MR) is 92.6 cm³/mol. The van der Waals surface area contributed by atoms with Crippen LogP contribution in [0.4, 0.5) is 0 Å². The molecule has 0 spiro atoms. The molecule has 134 valence electrons. The number of carbonyl (C=O) groups excluding carboxylic acids is 1. The zero-order chi connectivity index (χ0) is 16.7. The van der Waals surface area contributed by atoms with Crippen LogP contribution >= 0.6 is 0 Å². The second kappa shape index (κ2) is 9.57. The Balaban J connectivity index is 1.68. The normalized spacial score (nSPS) is 24.7. The van der Waals surface area contributed by atoms with Crippen molar-refractivity contribution in [2.45, 2.75) is 12.8 Å². The van der Waals surface area contributed by atoms with Crippen LogP contribution in [0.3, 0.4) is 0 Å². The SMILES string of the molecule is COCCN1CCC(CN(C)C(=O)CN2CCCN(C)CC2)C1. The predicted octanol–water partition coefficient (Wildman–Crippen LogP) is 0.0506. The first-order valence-electron chi connectivity index (χ1n) is 8.94. The summed E-state index contributed by atoms with van der Waals surface area (Å²) in [5.74, 6) is 0.876. The Labute approximate surface area is 141 Å². The van der Waals surface area contributed by atoms with E-state index in [0.717, 1.165) is 65.4 Å². The van der Waals surface area contributed by atoms with Gasteiger partial charge in [0.25, 0.3) is 0 Å². The van der Waals surface area contributed by atoms with Gasteiger partial charge in [0.05, 0.1) is 13.2 Å². The van der Waals surface area contributed by atoms with Crippen LogP contribution in [0.5, 0.6) is 0 Å². The van der Waals surface area contributed by atoms with E-state index in [-0.39, 0.29) is 5.91 Å². The maximum atomic E-state index is 12.5. The summed E-state index contributed by atoms with van der Waals surface area (Å²) in [5, 5.41) is 0. The molecule has 1 atom stereocenters. The number of hydrogen-bond donors (Lipinski definition) is 0. The van der Waals surface area contributed by atoms with Crippen molar-refractivity contribution in [2.75, 3.05) is 86.7 Å². The summed E-state index contributed by atoms with van der Waals surface area (Å²) < 4.78 is 5.15. The summed E-state index contributed by atoms with van der Waals surface area (Å²) in [5.41, 5.74) is 0.